The number of hydrogen-bond acceptors (Lipinski definition) is 4. The molecule has 0 aliphatic carbocycles. The molecule has 0 aromatic heterocycles. The third-order valence-electron chi connectivity index (χ3n) is 1.98. The molecule has 2 N–H and O–H groups in total. The molecule has 0 aliphatic rings. The Morgan fingerprint density at radius 3 is 2.33 bits per heavy atom. The van der Waals surface area contributed by atoms with Crippen LogP contribution in [0.15, 0.2) is 35.2 Å². The molecule has 0 saturated carbocycles. The average molecular weight is 230 g/mol. The number of rotatable bonds is 5. The van der Waals surface area contributed by atoms with Crippen molar-refractivity contribution in [1.29, 1.82) is 0 Å². The van der Waals surface area contributed by atoms with Crippen LogP contribution in [0.25, 0.3) is 0 Å². The van der Waals surface area contributed by atoms with E-state index in [4.69, 9.17) is 5.11 Å². The molecule has 0 unspecified atom stereocenters. The first-order valence-electron chi connectivity index (χ1n) is 4.63. The first kappa shape index (κ1) is 12.2. The molecule has 0 aliphatic heterocycles. The molecule has 0 amide bonds. The molecule has 0 fully saturated rings. The minimum atomic E-state index is -3.44. The standard InChI is InChI=1S/C10H14O4S/c11-7-6-9(12)8-15(13,14)10-4-2-1-3-5-10/h1-5,9,11-12H,6-8H2/t9-/m0/s1. The van der Waals surface area contributed by atoms with E-state index in [9.17, 15) is 13.5 Å². The molecule has 1 aromatic carbocycles. The molecule has 84 valence electrons. The van der Waals surface area contributed by atoms with E-state index in [0.29, 0.717) is 0 Å². The van der Waals surface area contributed by atoms with Crippen LogP contribution in [0.5, 0.6) is 0 Å². The fourth-order valence-corrected chi connectivity index (χ4v) is 2.65. The van der Waals surface area contributed by atoms with Crippen LogP contribution in [0.2, 0.25) is 0 Å². The smallest absolute Gasteiger partial charge is 0.180 e. The van der Waals surface area contributed by atoms with Gasteiger partial charge in [0.05, 0.1) is 16.8 Å². The minimum absolute atomic E-state index is 0.0755. The Morgan fingerprint density at radius 2 is 1.80 bits per heavy atom. The Morgan fingerprint density at radius 1 is 1.20 bits per heavy atom. The van der Waals surface area contributed by atoms with Gasteiger partial charge in [0.2, 0.25) is 0 Å². The van der Waals surface area contributed by atoms with Crippen molar-refractivity contribution < 1.29 is 18.6 Å². The number of hydrogen-bond donors (Lipinski definition) is 2. The van der Waals surface area contributed by atoms with Gasteiger partial charge in [-0.2, -0.15) is 0 Å². The molecule has 0 bridgehead atoms. The molecule has 0 heterocycles. The van der Waals surface area contributed by atoms with Crippen LogP contribution >= 0.6 is 0 Å². The monoisotopic (exact) mass is 230 g/mol. The normalized spacial score (nSPS) is 13.7. The van der Waals surface area contributed by atoms with Gasteiger partial charge in [-0.3, -0.25) is 0 Å². The van der Waals surface area contributed by atoms with Crippen LogP contribution in [0.3, 0.4) is 0 Å². The van der Waals surface area contributed by atoms with E-state index in [2.05, 4.69) is 0 Å². The van der Waals surface area contributed by atoms with E-state index < -0.39 is 15.9 Å². The van der Waals surface area contributed by atoms with Crippen LogP contribution < -0.4 is 0 Å². The van der Waals surface area contributed by atoms with E-state index in [1.807, 2.05) is 0 Å². The Labute approximate surface area is 89.1 Å². The van der Waals surface area contributed by atoms with Crippen molar-refractivity contribution >= 4 is 9.84 Å². The summed E-state index contributed by atoms with van der Waals surface area (Å²) >= 11 is 0. The van der Waals surface area contributed by atoms with Gasteiger partial charge in [0.15, 0.2) is 9.84 Å². The number of benzene rings is 1. The second-order valence-electron chi connectivity index (χ2n) is 3.26. The van der Waals surface area contributed by atoms with Crippen molar-refractivity contribution in [1.82, 2.24) is 0 Å². The first-order valence-corrected chi connectivity index (χ1v) is 6.28. The van der Waals surface area contributed by atoms with Gasteiger partial charge in [-0.15, -0.1) is 0 Å². The topological polar surface area (TPSA) is 74.6 Å². The van der Waals surface area contributed by atoms with E-state index in [1.165, 1.54) is 12.1 Å². The SMILES string of the molecule is O=S(=O)(C[C@@H](O)CCO)c1ccccc1. The molecule has 1 atom stereocenters. The highest BCUT2D eigenvalue weighted by Crippen LogP contribution is 2.11. The molecule has 15 heavy (non-hydrogen) atoms. The zero-order valence-electron chi connectivity index (χ0n) is 8.20. The van der Waals surface area contributed by atoms with Crippen LogP contribution in [0.1, 0.15) is 6.42 Å². The summed E-state index contributed by atoms with van der Waals surface area (Å²) in [5.41, 5.74) is 0. The van der Waals surface area contributed by atoms with Gasteiger partial charge in [0.1, 0.15) is 0 Å². The van der Waals surface area contributed by atoms with E-state index in [0.717, 1.165) is 0 Å². The summed E-state index contributed by atoms with van der Waals surface area (Å²) in [4.78, 5) is 0.196. The largest absolute Gasteiger partial charge is 0.396 e. The molecule has 0 radical (unpaired) electrons. The highest BCUT2D eigenvalue weighted by molar-refractivity contribution is 7.91. The van der Waals surface area contributed by atoms with Crippen molar-refractivity contribution in [2.75, 3.05) is 12.4 Å². The lowest BCUT2D eigenvalue weighted by molar-refractivity contribution is 0.150. The maximum absolute atomic E-state index is 11.7. The van der Waals surface area contributed by atoms with Crippen LogP contribution in [0.4, 0.5) is 0 Å². The van der Waals surface area contributed by atoms with Crippen LogP contribution in [0, 0.1) is 0 Å². The summed E-state index contributed by atoms with van der Waals surface area (Å²) in [5.74, 6) is -0.350. The van der Waals surface area contributed by atoms with Crippen LogP contribution in [-0.2, 0) is 9.84 Å². The lowest BCUT2D eigenvalue weighted by Crippen LogP contribution is -2.21. The summed E-state index contributed by atoms with van der Waals surface area (Å²) in [5, 5.41) is 17.9. The zero-order valence-corrected chi connectivity index (χ0v) is 9.02. The van der Waals surface area contributed by atoms with E-state index in [-0.39, 0.29) is 23.7 Å². The van der Waals surface area contributed by atoms with Crippen molar-refractivity contribution in [3.8, 4) is 0 Å². The molecule has 1 rings (SSSR count). The van der Waals surface area contributed by atoms with Gasteiger partial charge in [-0.05, 0) is 18.6 Å². The van der Waals surface area contributed by atoms with Gasteiger partial charge in [-0.25, -0.2) is 8.42 Å². The van der Waals surface area contributed by atoms with E-state index >= 15 is 0 Å². The second-order valence-corrected chi connectivity index (χ2v) is 5.29. The lowest BCUT2D eigenvalue weighted by Gasteiger charge is -2.09. The molecule has 0 saturated heterocycles. The summed E-state index contributed by atoms with van der Waals surface area (Å²) in [6.07, 6.45) is -0.938. The highest BCUT2D eigenvalue weighted by Gasteiger charge is 2.18. The fraction of sp³-hybridized carbons (Fsp3) is 0.400. The van der Waals surface area contributed by atoms with Crippen molar-refractivity contribution in [2.24, 2.45) is 0 Å². The molecule has 1 aromatic rings. The summed E-state index contributed by atoms with van der Waals surface area (Å²) in [6, 6.07) is 7.96. The predicted octanol–water partition coefficient (Wildman–Crippen LogP) is 0.204. The Balaban J connectivity index is 2.77. The first-order chi connectivity index (χ1) is 7.06. The van der Waals surface area contributed by atoms with Crippen LogP contribution in [-0.4, -0.2) is 37.1 Å². The third-order valence-corrected chi connectivity index (χ3v) is 3.79. The molecular formula is C10H14O4S. The summed E-state index contributed by atoms with van der Waals surface area (Å²) < 4.78 is 23.4. The van der Waals surface area contributed by atoms with Gasteiger partial charge in [-0.1, -0.05) is 18.2 Å². The minimum Gasteiger partial charge on any atom is -0.396 e. The molecule has 0 spiro atoms. The maximum atomic E-state index is 11.7. The number of sulfone groups is 1. The Kier molecular flexibility index (Phi) is 4.26. The fourth-order valence-electron chi connectivity index (χ4n) is 1.21. The third kappa shape index (κ3) is 3.62. The van der Waals surface area contributed by atoms with Gasteiger partial charge in [0, 0.05) is 6.61 Å². The van der Waals surface area contributed by atoms with Gasteiger partial charge in [0.25, 0.3) is 0 Å². The Bertz CT molecular complexity index is 385. The van der Waals surface area contributed by atoms with Gasteiger partial charge < -0.3 is 10.2 Å². The van der Waals surface area contributed by atoms with Gasteiger partial charge >= 0.3 is 0 Å². The lowest BCUT2D eigenvalue weighted by atomic mass is 10.3. The highest BCUT2D eigenvalue weighted by atomic mass is 32.2. The van der Waals surface area contributed by atoms with Crippen molar-refractivity contribution in [3.05, 3.63) is 30.3 Å². The second kappa shape index (κ2) is 5.25. The zero-order chi connectivity index (χ0) is 11.3. The Hall–Kier alpha value is -0.910. The number of aliphatic hydroxyl groups is 2. The molecular weight excluding hydrogens is 216 g/mol. The van der Waals surface area contributed by atoms with E-state index in [1.54, 1.807) is 18.2 Å². The molecule has 5 heteroatoms. The predicted molar refractivity (Wildman–Crippen MR) is 56.2 cm³/mol. The maximum Gasteiger partial charge on any atom is 0.180 e. The summed E-state index contributed by atoms with van der Waals surface area (Å²) in [6.45, 7) is -0.217. The quantitative estimate of drug-likeness (QED) is 0.758. The molecule has 4 nitrogen and oxygen atoms in total. The summed E-state index contributed by atoms with van der Waals surface area (Å²) in [7, 11) is -3.44. The van der Waals surface area contributed by atoms with Crippen molar-refractivity contribution in [2.45, 2.75) is 17.4 Å². The number of aliphatic hydroxyl groups excluding tert-OH is 2. The average Bonchev–Trinajstić information content (AvgIpc) is 2.18. The van der Waals surface area contributed by atoms with Crippen molar-refractivity contribution in [3.63, 3.8) is 0 Å².